The Morgan fingerprint density at radius 1 is 1.33 bits per heavy atom. The maximum atomic E-state index is 12.2. The average Bonchev–Trinajstić information content (AvgIpc) is 2.22. The third kappa shape index (κ3) is 2.27. The fourth-order valence-electron chi connectivity index (χ4n) is 1.73. The average molecular weight is 260 g/mol. The normalized spacial score (nSPS) is 17.9. The molecule has 1 aromatic carbocycles. The van der Waals surface area contributed by atoms with Crippen LogP contribution >= 0.6 is 0 Å². The lowest BCUT2D eigenvalue weighted by Gasteiger charge is -2.30. The summed E-state index contributed by atoms with van der Waals surface area (Å²) in [6.45, 7) is 3.38. The van der Waals surface area contributed by atoms with Gasteiger partial charge in [-0.05, 0) is 26.0 Å². The van der Waals surface area contributed by atoms with Crippen molar-refractivity contribution in [3.8, 4) is 11.5 Å². The first-order valence-electron chi connectivity index (χ1n) is 5.27. The number of hydrogen-bond acceptors (Lipinski definition) is 3. The highest BCUT2D eigenvalue weighted by atomic mass is 19.4. The Balaban J connectivity index is 2.44. The van der Waals surface area contributed by atoms with Gasteiger partial charge >= 0.3 is 6.36 Å². The number of para-hydroxylation sites is 1. The molecular weight excluding hydrogens is 249 g/mol. The van der Waals surface area contributed by atoms with E-state index < -0.39 is 17.5 Å². The van der Waals surface area contributed by atoms with Crippen LogP contribution in [0.25, 0.3) is 0 Å². The van der Waals surface area contributed by atoms with E-state index in [0.717, 1.165) is 6.07 Å². The van der Waals surface area contributed by atoms with Gasteiger partial charge in [0, 0.05) is 0 Å². The zero-order chi connectivity index (χ0) is 13.6. The minimum Gasteiger partial charge on any atom is -0.488 e. The van der Waals surface area contributed by atoms with Gasteiger partial charge in [-0.15, -0.1) is 13.2 Å². The summed E-state index contributed by atoms with van der Waals surface area (Å²) in [5.41, 5.74) is -0.628. The summed E-state index contributed by atoms with van der Waals surface area (Å²) in [5.74, 6) is -0.876. The van der Waals surface area contributed by atoms with Gasteiger partial charge in [-0.2, -0.15) is 0 Å². The zero-order valence-electron chi connectivity index (χ0n) is 9.80. The molecule has 3 nitrogen and oxygen atoms in total. The topological polar surface area (TPSA) is 35.5 Å². The van der Waals surface area contributed by atoms with Crippen molar-refractivity contribution >= 4 is 5.78 Å². The van der Waals surface area contributed by atoms with Crippen molar-refractivity contribution in [1.82, 2.24) is 0 Å². The molecule has 1 aromatic rings. The molecule has 98 valence electrons. The highest BCUT2D eigenvalue weighted by Crippen LogP contribution is 2.41. The number of benzene rings is 1. The summed E-state index contributed by atoms with van der Waals surface area (Å²) in [6, 6.07) is 3.89. The SMILES string of the molecule is CC1(C)COc2c(OC(F)(F)F)cccc2C1=O. The molecule has 0 atom stereocenters. The fraction of sp³-hybridized carbons (Fsp3) is 0.417. The molecule has 2 rings (SSSR count). The lowest BCUT2D eigenvalue weighted by molar-refractivity contribution is -0.275. The molecule has 0 aromatic heterocycles. The van der Waals surface area contributed by atoms with Crippen LogP contribution in [-0.4, -0.2) is 18.8 Å². The van der Waals surface area contributed by atoms with Crippen molar-refractivity contribution in [1.29, 1.82) is 0 Å². The second-order valence-corrected chi connectivity index (χ2v) is 4.68. The van der Waals surface area contributed by atoms with Crippen LogP contribution < -0.4 is 9.47 Å². The minimum atomic E-state index is -4.81. The van der Waals surface area contributed by atoms with Crippen molar-refractivity contribution in [2.24, 2.45) is 5.41 Å². The van der Waals surface area contributed by atoms with Crippen molar-refractivity contribution < 1.29 is 27.4 Å². The molecule has 0 fully saturated rings. The highest BCUT2D eigenvalue weighted by molar-refractivity contribution is 6.04. The number of ketones is 1. The van der Waals surface area contributed by atoms with Gasteiger partial charge in [0.1, 0.15) is 6.61 Å². The molecule has 0 radical (unpaired) electrons. The first kappa shape index (κ1) is 12.7. The van der Waals surface area contributed by atoms with Gasteiger partial charge in [-0.25, -0.2) is 0 Å². The van der Waals surface area contributed by atoms with E-state index in [4.69, 9.17) is 4.74 Å². The zero-order valence-corrected chi connectivity index (χ0v) is 9.80. The lowest BCUT2D eigenvalue weighted by atomic mass is 9.83. The molecule has 0 amide bonds. The number of ether oxygens (including phenoxy) is 2. The van der Waals surface area contributed by atoms with Crippen LogP contribution in [-0.2, 0) is 0 Å². The van der Waals surface area contributed by atoms with Crippen LogP contribution in [0.3, 0.4) is 0 Å². The monoisotopic (exact) mass is 260 g/mol. The van der Waals surface area contributed by atoms with Crippen LogP contribution in [0.1, 0.15) is 24.2 Å². The van der Waals surface area contributed by atoms with Crippen LogP contribution in [0, 0.1) is 5.41 Å². The number of alkyl halides is 3. The molecule has 0 unspecified atom stereocenters. The maximum absolute atomic E-state index is 12.2. The minimum absolute atomic E-state index is 0.0249. The second kappa shape index (κ2) is 3.90. The molecule has 0 saturated carbocycles. The predicted octanol–water partition coefficient (Wildman–Crippen LogP) is 3.19. The Morgan fingerprint density at radius 3 is 2.61 bits per heavy atom. The van der Waals surface area contributed by atoms with Crippen molar-refractivity contribution in [3.63, 3.8) is 0 Å². The van der Waals surface area contributed by atoms with Crippen molar-refractivity contribution in [3.05, 3.63) is 23.8 Å². The van der Waals surface area contributed by atoms with E-state index in [9.17, 15) is 18.0 Å². The van der Waals surface area contributed by atoms with Gasteiger partial charge in [0.05, 0.1) is 11.0 Å². The van der Waals surface area contributed by atoms with Crippen LogP contribution in [0.4, 0.5) is 13.2 Å². The molecule has 1 aliphatic rings. The Morgan fingerprint density at radius 2 is 2.00 bits per heavy atom. The summed E-state index contributed by atoms with van der Waals surface area (Å²) in [4.78, 5) is 12.0. The Kier molecular flexibility index (Phi) is 2.76. The summed E-state index contributed by atoms with van der Waals surface area (Å²) < 4.78 is 45.7. The number of Topliss-reactive ketones (excluding diaryl/α,β-unsaturated/α-hetero) is 1. The fourth-order valence-corrected chi connectivity index (χ4v) is 1.73. The summed E-state index contributed by atoms with van der Waals surface area (Å²) in [6.07, 6.45) is -4.81. The van der Waals surface area contributed by atoms with Crippen molar-refractivity contribution in [2.75, 3.05) is 6.61 Å². The molecule has 6 heteroatoms. The van der Waals surface area contributed by atoms with Crippen LogP contribution in [0.15, 0.2) is 18.2 Å². The van der Waals surface area contributed by atoms with E-state index in [2.05, 4.69) is 4.74 Å². The largest absolute Gasteiger partial charge is 0.573 e. The van der Waals surface area contributed by atoms with Gasteiger partial charge in [-0.1, -0.05) is 6.07 Å². The van der Waals surface area contributed by atoms with E-state index in [-0.39, 0.29) is 23.7 Å². The molecule has 1 heterocycles. The van der Waals surface area contributed by atoms with E-state index in [0.29, 0.717) is 0 Å². The third-order valence-corrected chi connectivity index (χ3v) is 2.64. The second-order valence-electron chi connectivity index (χ2n) is 4.68. The molecule has 0 bridgehead atoms. The summed E-state index contributed by atoms with van der Waals surface area (Å²) in [7, 11) is 0. The van der Waals surface area contributed by atoms with Gasteiger partial charge in [-0.3, -0.25) is 4.79 Å². The molecule has 0 aliphatic carbocycles. The third-order valence-electron chi connectivity index (χ3n) is 2.64. The molecule has 0 N–H and O–H groups in total. The molecular formula is C12H11F3O3. The summed E-state index contributed by atoms with van der Waals surface area (Å²) >= 11 is 0. The number of rotatable bonds is 1. The smallest absolute Gasteiger partial charge is 0.488 e. The Labute approximate surface area is 102 Å². The number of carbonyl (C=O) groups excluding carboxylic acids is 1. The van der Waals surface area contributed by atoms with Gasteiger partial charge in [0.15, 0.2) is 17.3 Å². The highest BCUT2D eigenvalue weighted by Gasteiger charge is 2.39. The quantitative estimate of drug-likeness (QED) is 0.777. The number of carbonyl (C=O) groups is 1. The molecule has 0 spiro atoms. The van der Waals surface area contributed by atoms with E-state index >= 15 is 0 Å². The Bertz CT molecular complexity index is 492. The summed E-state index contributed by atoms with van der Waals surface area (Å²) in [5, 5.41) is 0. The Hall–Kier alpha value is -1.72. The lowest BCUT2D eigenvalue weighted by Crippen LogP contribution is -2.36. The maximum Gasteiger partial charge on any atom is 0.573 e. The standard InChI is InChI=1S/C12H11F3O3/c1-11(2)6-17-9-7(10(11)16)4-3-5-8(9)18-12(13,14)15/h3-5H,6H2,1-2H3. The first-order valence-corrected chi connectivity index (χ1v) is 5.27. The van der Waals surface area contributed by atoms with Crippen molar-refractivity contribution in [2.45, 2.75) is 20.2 Å². The van der Waals surface area contributed by atoms with E-state index in [1.54, 1.807) is 13.8 Å². The van der Waals surface area contributed by atoms with Gasteiger partial charge < -0.3 is 9.47 Å². The first-order chi connectivity index (χ1) is 8.21. The molecule has 0 saturated heterocycles. The number of fused-ring (bicyclic) bond motifs is 1. The van der Waals surface area contributed by atoms with Gasteiger partial charge in [0.25, 0.3) is 0 Å². The number of hydrogen-bond donors (Lipinski definition) is 0. The van der Waals surface area contributed by atoms with E-state index in [1.165, 1.54) is 12.1 Å². The van der Waals surface area contributed by atoms with E-state index in [1.807, 2.05) is 0 Å². The number of halogens is 3. The van der Waals surface area contributed by atoms with Crippen LogP contribution in [0.2, 0.25) is 0 Å². The molecule has 18 heavy (non-hydrogen) atoms. The van der Waals surface area contributed by atoms with Gasteiger partial charge in [0.2, 0.25) is 0 Å². The molecule has 1 aliphatic heterocycles. The predicted molar refractivity (Wildman–Crippen MR) is 56.7 cm³/mol. The van der Waals surface area contributed by atoms with Crippen LogP contribution in [0.5, 0.6) is 11.5 Å².